The Kier molecular flexibility index (Phi) is 6.86. The van der Waals surface area contributed by atoms with Crippen LogP contribution in [0.5, 0.6) is 0 Å². The van der Waals surface area contributed by atoms with Gasteiger partial charge in [-0.05, 0) is 56.2 Å². The number of benzene rings is 1. The molecule has 0 aromatic heterocycles. The van der Waals surface area contributed by atoms with Crippen LogP contribution in [0.3, 0.4) is 0 Å². The first-order chi connectivity index (χ1) is 15.8. The molecule has 3 aliphatic rings. The molecule has 2 saturated carbocycles. The van der Waals surface area contributed by atoms with Gasteiger partial charge in [-0.3, -0.25) is 19.3 Å². The van der Waals surface area contributed by atoms with E-state index in [4.69, 9.17) is 4.74 Å². The Labute approximate surface area is 195 Å². The molecule has 0 saturated heterocycles. The maximum atomic E-state index is 13.0. The molecule has 0 unspecified atom stereocenters. The molecule has 178 valence electrons. The number of rotatable bonds is 5. The van der Waals surface area contributed by atoms with E-state index in [1.54, 1.807) is 6.92 Å². The molecule has 1 aromatic rings. The lowest BCUT2D eigenvalue weighted by atomic mass is 9.78. The highest BCUT2D eigenvalue weighted by Crippen LogP contribution is 2.32. The molecule has 1 N–H and O–H groups in total. The number of esters is 1. The smallest absolute Gasteiger partial charge is 0.338 e. The van der Waals surface area contributed by atoms with Crippen molar-refractivity contribution in [1.29, 1.82) is 0 Å². The fraction of sp³-hybridized carbons (Fsp3) is 0.615. The summed E-state index contributed by atoms with van der Waals surface area (Å²) in [6.45, 7) is 5.89. The summed E-state index contributed by atoms with van der Waals surface area (Å²) in [5, 5.41) is 3.03. The lowest BCUT2D eigenvalue weighted by molar-refractivity contribution is -0.130. The van der Waals surface area contributed by atoms with Gasteiger partial charge in [0.25, 0.3) is 17.7 Å². The van der Waals surface area contributed by atoms with Gasteiger partial charge in [-0.1, -0.05) is 46.0 Å². The third-order valence-electron chi connectivity index (χ3n) is 7.78. The van der Waals surface area contributed by atoms with Crippen LogP contribution in [-0.4, -0.2) is 46.8 Å². The monoisotopic (exact) mass is 454 g/mol. The summed E-state index contributed by atoms with van der Waals surface area (Å²) < 4.78 is 5.41. The molecule has 0 bridgehead atoms. The number of carbonyl (C=O) groups is 4. The molecule has 0 spiro atoms. The topological polar surface area (TPSA) is 92.8 Å². The average molecular weight is 455 g/mol. The van der Waals surface area contributed by atoms with Crippen molar-refractivity contribution >= 4 is 23.7 Å². The Morgan fingerprint density at radius 1 is 0.970 bits per heavy atom. The summed E-state index contributed by atoms with van der Waals surface area (Å²) in [7, 11) is 0. The van der Waals surface area contributed by atoms with E-state index in [1.807, 2.05) is 0 Å². The second-order valence-electron chi connectivity index (χ2n) is 9.96. The highest BCUT2D eigenvalue weighted by molar-refractivity contribution is 6.22. The van der Waals surface area contributed by atoms with Gasteiger partial charge in [-0.25, -0.2) is 4.79 Å². The van der Waals surface area contributed by atoms with Gasteiger partial charge in [0.05, 0.1) is 16.7 Å². The van der Waals surface area contributed by atoms with Crippen LogP contribution < -0.4 is 5.32 Å². The number of amides is 3. The maximum Gasteiger partial charge on any atom is 0.338 e. The quantitative estimate of drug-likeness (QED) is 0.534. The van der Waals surface area contributed by atoms with Gasteiger partial charge in [0.1, 0.15) is 0 Å². The standard InChI is InChI=1S/C26H34N2O5/c1-15-8-7-11-22(16(15)2)27-23(29)17(3)33-26(32)18-12-13-20-21(14-18)25(31)28(24(20)30)19-9-5-4-6-10-19/h12-17,19,22H,4-11H2,1-3H3,(H,27,29)/t15-,16+,17-,22-/m1/s1. The SMILES string of the molecule is C[C@H]1[C@H](C)CCC[C@H]1NC(=O)[C@@H](C)OC(=O)c1ccc2c(c1)C(=O)N(C1CCCCC1)C2=O. The average Bonchev–Trinajstić information content (AvgIpc) is 3.06. The molecule has 1 heterocycles. The van der Waals surface area contributed by atoms with Gasteiger partial charge in [0.2, 0.25) is 0 Å². The minimum absolute atomic E-state index is 0.0739. The second kappa shape index (κ2) is 9.65. The van der Waals surface area contributed by atoms with Gasteiger partial charge in [0, 0.05) is 12.1 Å². The van der Waals surface area contributed by atoms with E-state index in [0.717, 1.165) is 51.4 Å². The van der Waals surface area contributed by atoms with Crippen LogP contribution in [0.15, 0.2) is 18.2 Å². The molecule has 4 rings (SSSR count). The van der Waals surface area contributed by atoms with Crippen LogP contribution in [0, 0.1) is 11.8 Å². The summed E-state index contributed by atoms with van der Waals surface area (Å²) in [4.78, 5) is 52.5. The minimum atomic E-state index is -0.953. The van der Waals surface area contributed by atoms with Crippen LogP contribution in [0.2, 0.25) is 0 Å². The lowest BCUT2D eigenvalue weighted by Gasteiger charge is -2.35. The maximum absolute atomic E-state index is 13.0. The Balaban J connectivity index is 1.41. The fourth-order valence-corrected chi connectivity index (χ4v) is 5.43. The third-order valence-corrected chi connectivity index (χ3v) is 7.78. The van der Waals surface area contributed by atoms with Crippen LogP contribution in [0.4, 0.5) is 0 Å². The van der Waals surface area contributed by atoms with E-state index in [0.29, 0.717) is 17.4 Å². The highest BCUT2D eigenvalue weighted by atomic mass is 16.5. The van der Waals surface area contributed by atoms with Crippen LogP contribution >= 0.6 is 0 Å². The molecule has 2 fully saturated rings. The summed E-state index contributed by atoms with van der Waals surface area (Å²) in [5.74, 6) is -0.708. The van der Waals surface area contributed by atoms with Gasteiger partial charge in [0.15, 0.2) is 6.10 Å². The molecule has 2 aliphatic carbocycles. The largest absolute Gasteiger partial charge is 0.449 e. The van der Waals surface area contributed by atoms with Crippen LogP contribution in [0.1, 0.15) is 103 Å². The predicted octanol–water partition coefficient (Wildman–Crippen LogP) is 4.10. The lowest BCUT2D eigenvalue weighted by Crippen LogP contribution is -2.47. The first-order valence-electron chi connectivity index (χ1n) is 12.3. The van der Waals surface area contributed by atoms with Crippen LogP contribution in [0.25, 0.3) is 0 Å². The van der Waals surface area contributed by atoms with Crippen molar-refractivity contribution in [3.05, 3.63) is 34.9 Å². The van der Waals surface area contributed by atoms with Crippen molar-refractivity contribution in [1.82, 2.24) is 10.2 Å². The summed E-state index contributed by atoms with van der Waals surface area (Å²) in [6.07, 6.45) is 7.00. The molecule has 1 aliphatic heterocycles. The Hall–Kier alpha value is -2.70. The number of hydrogen-bond donors (Lipinski definition) is 1. The van der Waals surface area contributed by atoms with Crippen LogP contribution in [-0.2, 0) is 9.53 Å². The molecule has 4 atom stereocenters. The van der Waals surface area contributed by atoms with Crippen molar-refractivity contribution in [2.45, 2.75) is 90.3 Å². The Bertz CT molecular complexity index is 952. The molecule has 7 heteroatoms. The normalized spacial score (nSPS) is 26.6. The summed E-state index contributed by atoms with van der Waals surface area (Å²) in [6, 6.07) is 4.44. The van der Waals surface area contributed by atoms with E-state index in [1.165, 1.54) is 23.1 Å². The number of carbonyl (C=O) groups excluding carboxylic acids is 4. The summed E-state index contributed by atoms with van der Waals surface area (Å²) in [5.41, 5.74) is 0.732. The number of nitrogens with zero attached hydrogens (tertiary/aromatic N) is 1. The Morgan fingerprint density at radius 3 is 2.39 bits per heavy atom. The zero-order valence-electron chi connectivity index (χ0n) is 19.8. The van der Waals surface area contributed by atoms with Crippen molar-refractivity contribution < 1.29 is 23.9 Å². The number of ether oxygens (including phenoxy) is 1. The Morgan fingerprint density at radius 2 is 1.67 bits per heavy atom. The minimum Gasteiger partial charge on any atom is -0.449 e. The molecule has 0 radical (unpaired) electrons. The third kappa shape index (κ3) is 4.68. The van der Waals surface area contributed by atoms with E-state index in [9.17, 15) is 19.2 Å². The van der Waals surface area contributed by atoms with Crippen molar-refractivity contribution in [2.24, 2.45) is 11.8 Å². The molecule has 7 nitrogen and oxygen atoms in total. The zero-order valence-corrected chi connectivity index (χ0v) is 19.8. The molecular weight excluding hydrogens is 420 g/mol. The van der Waals surface area contributed by atoms with E-state index in [2.05, 4.69) is 19.2 Å². The van der Waals surface area contributed by atoms with E-state index in [-0.39, 0.29) is 40.9 Å². The number of fused-ring (bicyclic) bond motifs is 1. The first kappa shape index (κ1) is 23.5. The molecule has 3 amide bonds. The van der Waals surface area contributed by atoms with Crippen molar-refractivity contribution in [3.8, 4) is 0 Å². The van der Waals surface area contributed by atoms with Gasteiger partial charge >= 0.3 is 5.97 Å². The number of hydrogen-bond acceptors (Lipinski definition) is 5. The zero-order chi connectivity index (χ0) is 23.7. The van der Waals surface area contributed by atoms with Gasteiger partial charge in [-0.15, -0.1) is 0 Å². The summed E-state index contributed by atoms with van der Waals surface area (Å²) >= 11 is 0. The highest BCUT2D eigenvalue weighted by Gasteiger charge is 2.40. The first-order valence-corrected chi connectivity index (χ1v) is 12.3. The van der Waals surface area contributed by atoms with Crippen molar-refractivity contribution in [2.75, 3.05) is 0 Å². The van der Waals surface area contributed by atoms with Crippen molar-refractivity contribution in [3.63, 3.8) is 0 Å². The van der Waals surface area contributed by atoms with E-state index >= 15 is 0 Å². The van der Waals surface area contributed by atoms with Gasteiger partial charge in [-0.2, -0.15) is 0 Å². The molecule has 33 heavy (non-hydrogen) atoms. The molecular formula is C26H34N2O5. The number of imide groups is 1. The van der Waals surface area contributed by atoms with Gasteiger partial charge < -0.3 is 10.1 Å². The second-order valence-corrected chi connectivity index (χ2v) is 9.96. The number of nitrogens with one attached hydrogen (secondary N) is 1. The predicted molar refractivity (Wildman–Crippen MR) is 123 cm³/mol. The fourth-order valence-electron chi connectivity index (χ4n) is 5.43. The molecule has 1 aromatic carbocycles. The van der Waals surface area contributed by atoms with E-state index < -0.39 is 12.1 Å².